The van der Waals surface area contributed by atoms with E-state index in [1.54, 1.807) is 6.21 Å². The van der Waals surface area contributed by atoms with Gasteiger partial charge in [-0.3, -0.25) is 0 Å². The molecule has 0 amide bonds. The van der Waals surface area contributed by atoms with Crippen molar-refractivity contribution < 1.29 is 0 Å². The maximum absolute atomic E-state index is 6.36. The minimum atomic E-state index is -0.334. The Morgan fingerprint density at radius 2 is 1.93 bits per heavy atom. The summed E-state index contributed by atoms with van der Waals surface area (Å²) < 4.78 is 0. The number of hydrogen-bond donors (Lipinski definition) is 4. The zero-order valence-electron chi connectivity index (χ0n) is 14.7. The summed E-state index contributed by atoms with van der Waals surface area (Å²) in [4.78, 5) is 4.39. The second-order valence-corrected chi connectivity index (χ2v) is 6.89. The van der Waals surface area contributed by atoms with Gasteiger partial charge in [0.1, 0.15) is 5.82 Å². The highest BCUT2D eigenvalue weighted by Gasteiger charge is 2.19. The van der Waals surface area contributed by atoms with Crippen LogP contribution in [-0.2, 0) is 0 Å². The third-order valence-corrected chi connectivity index (χ3v) is 4.69. The number of terminal acetylenes is 1. The standard InChI is InChI=1S/C21H21ClN4S/c1-2-15-8-10-17(11-9-15)24-21-23-14-18(22)20(26-21)25-19(12-13-27)16-6-4-3-5-7-16/h1,3-11,14,19,21,24-27H,12-13H2. The van der Waals surface area contributed by atoms with E-state index in [1.165, 1.54) is 5.56 Å². The van der Waals surface area contributed by atoms with Crippen molar-refractivity contribution in [1.82, 2.24) is 10.6 Å². The molecule has 3 N–H and O–H groups in total. The first kappa shape index (κ1) is 19.2. The lowest BCUT2D eigenvalue weighted by Gasteiger charge is -2.28. The predicted octanol–water partition coefficient (Wildman–Crippen LogP) is 4.10. The summed E-state index contributed by atoms with van der Waals surface area (Å²) in [5.41, 5.74) is 2.93. The lowest BCUT2D eigenvalue weighted by atomic mass is 10.0. The van der Waals surface area contributed by atoms with Gasteiger partial charge in [0, 0.05) is 17.5 Å². The number of halogens is 1. The van der Waals surface area contributed by atoms with Gasteiger partial charge in [-0.15, -0.1) is 6.42 Å². The van der Waals surface area contributed by atoms with Gasteiger partial charge in [0.2, 0.25) is 0 Å². The maximum Gasteiger partial charge on any atom is 0.195 e. The summed E-state index contributed by atoms with van der Waals surface area (Å²) in [5.74, 6) is 4.10. The molecule has 2 unspecified atom stereocenters. The van der Waals surface area contributed by atoms with Crippen LogP contribution < -0.4 is 16.0 Å². The van der Waals surface area contributed by atoms with Crippen molar-refractivity contribution in [2.45, 2.75) is 18.8 Å². The molecule has 1 aliphatic rings. The maximum atomic E-state index is 6.36. The topological polar surface area (TPSA) is 48.5 Å². The zero-order chi connectivity index (χ0) is 19.1. The summed E-state index contributed by atoms with van der Waals surface area (Å²) >= 11 is 10.7. The highest BCUT2D eigenvalue weighted by Crippen LogP contribution is 2.21. The molecule has 0 saturated carbocycles. The Kier molecular flexibility index (Phi) is 6.69. The predicted molar refractivity (Wildman–Crippen MR) is 117 cm³/mol. The Hall–Kier alpha value is -2.55. The largest absolute Gasteiger partial charge is 0.364 e. The highest BCUT2D eigenvalue weighted by atomic mass is 35.5. The molecule has 0 bridgehead atoms. The van der Waals surface area contributed by atoms with Crippen LogP contribution in [0.5, 0.6) is 0 Å². The van der Waals surface area contributed by atoms with E-state index in [2.05, 4.69) is 51.6 Å². The molecule has 0 saturated heterocycles. The number of nitrogens with one attached hydrogen (secondary N) is 3. The van der Waals surface area contributed by atoms with E-state index in [9.17, 15) is 0 Å². The molecule has 4 nitrogen and oxygen atoms in total. The van der Waals surface area contributed by atoms with E-state index in [0.717, 1.165) is 29.2 Å². The van der Waals surface area contributed by atoms with E-state index < -0.39 is 0 Å². The van der Waals surface area contributed by atoms with Gasteiger partial charge in [0.25, 0.3) is 0 Å². The SMILES string of the molecule is C#Cc1ccc(NC2N=CC(Cl)=C(NC(CCS)c3ccccc3)N2)cc1. The van der Waals surface area contributed by atoms with Crippen molar-refractivity contribution in [1.29, 1.82) is 0 Å². The number of hydrogen-bond acceptors (Lipinski definition) is 5. The Morgan fingerprint density at radius 1 is 1.19 bits per heavy atom. The fourth-order valence-electron chi connectivity index (χ4n) is 2.76. The van der Waals surface area contributed by atoms with Gasteiger partial charge >= 0.3 is 0 Å². The number of rotatable bonds is 7. The Bertz CT molecular complexity index is 856. The average molecular weight is 397 g/mol. The van der Waals surface area contributed by atoms with Crippen LogP contribution in [0.15, 0.2) is 70.4 Å². The molecule has 1 aliphatic heterocycles. The van der Waals surface area contributed by atoms with Crippen molar-refractivity contribution in [3.05, 3.63) is 76.6 Å². The summed E-state index contributed by atoms with van der Waals surface area (Å²) in [7, 11) is 0. The molecule has 2 aromatic carbocycles. The van der Waals surface area contributed by atoms with E-state index in [-0.39, 0.29) is 12.3 Å². The Labute approximate surface area is 170 Å². The summed E-state index contributed by atoms with van der Waals surface area (Å²) in [6.07, 6.45) is 7.58. The smallest absolute Gasteiger partial charge is 0.195 e. The van der Waals surface area contributed by atoms with Gasteiger partial charge in [0.05, 0.1) is 11.1 Å². The monoisotopic (exact) mass is 396 g/mol. The van der Waals surface area contributed by atoms with Gasteiger partial charge in [-0.05, 0) is 42.0 Å². The molecule has 0 fully saturated rings. The van der Waals surface area contributed by atoms with Gasteiger partial charge < -0.3 is 16.0 Å². The van der Waals surface area contributed by atoms with Gasteiger partial charge in [0.15, 0.2) is 6.29 Å². The molecular weight excluding hydrogens is 376 g/mol. The third-order valence-electron chi connectivity index (χ3n) is 4.15. The molecule has 0 aliphatic carbocycles. The first-order chi connectivity index (χ1) is 13.2. The average Bonchev–Trinajstić information content (AvgIpc) is 2.71. The van der Waals surface area contributed by atoms with Gasteiger partial charge in [-0.1, -0.05) is 47.9 Å². The quantitative estimate of drug-likeness (QED) is 0.421. The number of thiol groups is 1. The van der Waals surface area contributed by atoms with E-state index >= 15 is 0 Å². The molecule has 27 heavy (non-hydrogen) atoms. The molecule has 1 heterocycles. The van der Waals surface area contributed by atoms with Crippen molar-refractivity contribution in [3.63, 3.8) is 0 Å². The van der Waals surface area contributed by atoms with Crippen molar-refractivity contribution in [2.24, 2.45) is 4.99 Å². The number of nitrogens with zero attached hydrogens (tertiary/aromatic N) is 1. The number of anilines is 1. The first-order valence-electron chi connectivity index (χ1n) is 8.64. The highest BCUT2D eigenvalue weighted by molar-refractivity contribution is 7.80. The molecule has 6 heteroatoms. The van der Waals surface area contributed by atoms with E-state index in [4.69, 9.17) is 18.0 Å². The Balaban J connectivity index is 1.69. The molecule has 0 radical (unpaired) electrons. The molecule has 138 valence electrons. The lowest BCUT2D eigenvalue weighted by Crippen LogP contribution is -2.42. The summed E-state index contributed by atoms with van der Waals surface area (Å²) in [6.45, 7) is 0. The molecule has 3 rings (SSSR count). The number of aliphatic imine (C=N–C) groups is 1. The van der Waals surface area contributed by atoms with E-state index in [1.807, 2.05) is 42.5 Å². The first-order valence-corrected chi connectivity index (χ1v) is 9.65. The fourth-order valence-corrected chi connectivity index (χ4v) is 3.19. The minimum Gasteiger partial charge on any atom is -0.364 e. The fraction of sp³-hybridized carbons (Fsp3) is 0.190. The van der Waals surface area contributed by atoms with Crippen LogP contribution in [0.3, 0.4) is 0 Å². The van der Waals surface area contributed by atoms with Crippen molar-refractivity contribution in [2.75, 3.05) is 11.1 Å². The molecule has 2 aromatic rings. The van der Waals surface area contributed by atoms with Gasteiger partial charge in [-0.2, -0.15) is 12.6 Å². The third kappa shape index (κ3) is 5.22. The van der Waals surface area contributed by atoms with Gasteiger partial charge in [-0.25, -0.2) is 4.99 Å². The van der Waals surface area contributed by atoms with Crippen LogP contribution in [0, 0.1) is 12.3 Å². The van der Waals surface area contributed by atoms with E-state index in [0.29, 0.717) is 5.03 Å². The van der Waals surface area contributed by atoms with Crippen LogP contribution in [0.4, 0.5) is 5.69 Å². The van der Waals surface area contributed by atoms with Crippen LogP contribution in [0.2, 0.25) is 0 Å². The number of benzene rings is 2. The second kappa shape index (κ2) is 9.40. The van der Waals surface area contributed by atoms with Crippen molar-refractivity contribution in [3.8, 4) is 12.3 Å². The normalized spacial score (nSPS) is 17.0. The summed E-state index contributed by atoms with van der Waals surface area (Å²) in [5, 5.41) is 10.6. The van der Waals surface area contributed by atoms with Crippen LogP contribution in [0.1, 0.15) is 23.6 Å². The Morgan fingerprint density at radius 3 is 2.59 bits per heavy atom. The molecular formula is C21H21ClN4S. The number of allylic oxidation sites excluding steroid dienone is 1. The minimum absolute atomic E-state index is 0.0991. The summed E-state index contributed by atoms with van der Waals surface area (Å²) in [6, 6.07) is 18.0. The molecule has 0 spiro atoms. The molecule has 2 atom stereocenters. The van der Waals surface area contributed by atoms with Crippen LogP contribution in [0.25, 0.3) is 0 Å². The van der Waals surface area contributed by atoms with Crippen LogP contribution >= 0.6 is 24.2 Å². The van der Waals surface area contributed by atoms with Crippen molar-refractivity contribution >= 4 is 36.1 Å². The lowest BCUT2D eigenvalue weighted by molar-refractivity contribution is 0.518. The second-order valence-electron chi connectivity index (χ2n) is 6.03. The molecule has 0 aromatic heterocycles. The van der Waals surface area contributed by atoms with Crippen LogP contribution in [-0.4, -0.2) is 18.3 Å². The zero-order valence-corrected chi connectivity index (χ0v) is 16.3.